The highest BCUT2D eigenvalue weighted by molar-refractivity contribution is 4.69. The molecule has 0 rings (SSSR count). The maximum atomic E-state index is 4.75. The quantitative estimate of drug-likeness (QED) is 0.563. The van der Waals surface area contributed by atoms with Gasteiger partial charge in [-0.15, -0.1) is 0 Å². The Kier molecular flexibility index (Phi) is 3.02. The summed E-state index contributed by atoms with van der Waals surface area (Å²) in [5.41, 5.74) is 2.99. The molecule has 2 heteroatoms. The molecule has 0 amide bonds. The van der Waals surface area contributed by atoms with E-state index in [0.717, 1.165) is 6.42 Å². The van der Waals surface area contributed by atoms with Gasteiger partial charge in [-0.05, 0) is 20.3 Å². The van der Waals surface area contributed by atoms with Crippen LogP contribution in [0.15, 0.2) is 0 Å². The normalized spacial score (nSPS) is 12.0. The lowest BCUT2D eigenvalue weighted by Gasteiger charge is -2.21. The molecule has 0 aliphatic carbocycles. The first kappa shape index (κ1) is 7.92. The van der Waals surface area contributed by atoms with Crippen LogP contribution in [0.3, 0.4) is 0 Å². The van der Waals surface area contributed by atoms with Crippen LogP contribution in [0.1, 0.15) is 27.2 Å². The van der Waals surface area contributed by atoms with Gasteiger partial charge >= 0.3 is 0 Å². The van der Waals surface area contributed by atoms with Crippen molar-refractivity contribution in [1.82, 2.24) is 5.48 Å². The minimum absolute atomic E-state index is 0.120. The van der Waals surface area contributed by atoms with E-state index in [-0.39, 0.29) is 5.54 Å². The van der Waals surface area contributed by atoms with Crippen LogP contribution >= 0.6 is 0 Å². The molecule has 0 bridgehead atoms. The summed E-state index contributed by atoms with van der Waals surface area (Å²) in [6.07, 6.45) is 1.07. The first-order chi connectivity index (χ1) is 3.62. The van der Waals surface area contributed by atoms with Gasteiger partial charge in [0.25, 0.3) is 0 Å². The van der Waals surface area contributed by atoms with Crippen molar-refractivity contribution in [3.8, 4) is 0 Å². The Balaban J connectivity index is 3.37. The van der Waals surface area contributed by atoms with Gasteiger partial charge in [-0.3, -0.25) is 0 Å². The molecule has 0 aromatic heterocycles. The van der Waals surface area contributed by atoms with Crippen molar-refractivity contribution in [3.63, 3.8) is 0 Å². The van der Waals surface area contributed by atoms with Crippen molar-refractivity contribution in [2.75, 3.05) is 7.11 Å². The van der Waals surface area contributed by atoms with Crippen molar-refractivity contribution in [1.29, 1.82) is 0 Å². The van der Waals surface area contributed by atoms with E-state index in [1.165, 1.54) is 0 Å². The Hall–Kier alpha value is -0.0800. The smallest absolute Gasteiger partial charge is 0.0572 e. The van der Waals surface area contributed by atoms with E-state index in [2.05, 4.69) is 26.3 Å². The Morgan fingerprint density at radius 1 is 1.50 bits per heavy atom. The van der Waals surface area contributed by atoms with Gasteiger partial charge in [-0.2, -0.15) is 5.48 Å². The third-order valence-corrected chi connectivity index (χ3v) is 1.26. The van der Waals surface area contributed by atoms with Crippen LogP contribution in [0.5, 0.6) is 0 Å². The van der Waals surface area contributed by atoms with Gasteiger partial charge in [-0.1, -0.05) is 6.92 Å². The molecule has 0 aliphatic heterocycles. The number of nitrogens with one attached hydrogen (secondary N) is 1. The zero-order valence-electron chi connectivity index (χ0n) is 6.12. The van der Waals surface area contributed by atoms with Crippen LogP contribution in [0.4, 0.5) is 0 Å². The third kappa shape index (κ3) is 2.99. The van der Waals surface area contributed by atoms with Crippen LogP contribution in [0.25, 0.3) is 0 Å². The molecule has 0 spiro atoms. The molecular formula is C6H15NO. The minimum atomic E-state index is 0.120. The van der Waals surface area contributed by atoms with Crippen molar-refractivity contribution in [3.05, 3.63) is 0 Å². The maximum Gasteiger partial charge on any atom is 0.0572 e. The largest absolute Gasteiger partial charge is 0.305 e. The van der Waals surface area contributed by atoms with E-state index in [0.29, 0.717) is 0 Å². The average molecular weight is 117 g/mol. The zero-order valence-corrected chi connectivity index (χ0v) is 6.12. The van der Waals surface area contributed by atoms with E-state index in [1.54, 1.807) is 7.11 Å². The van der Waals surface area contributed by atoms with Crippen LogP contribution in [0.2, 0.25) is 0 Å². The summed E-state index contributed by atoms with van der Waals surface area (Å²) in [5.74, 6) is 0. The number of hydrogen-bond donors (Lipinski definition) is 1. The van der Waals surface area contributed by atoms with E-state index in [9.17, 15) is 0 Å². The van der Waals surface area contributed by atoms with Crippen molar-refractivity contribution < 1.29 is 4.84 Å². The van der Waals surface area contributed by atoms with Crippen molar-refractivity contribution >= 4 is 0 Å². The molecule has 0 unspecified atom stereocenters. The molecule has 0 fully saturated rings. The summed E-state index contributed by atoms with van der Waals surface area (Å²) in [5, 5.41) is 0. The Morgan fingerprint density at radius 3 is 2.12 bits per heavy atom. The second-order valence-corrected chi connectivity index (χ2v) is 2.54. The highest BCUT2D eigenvalue weighted by Crippen LogP contribution is 2.05. The SMILES string of the molecule is CCC(C)(C)NOC. The minimum Gasteiger partial charge on any atom is -0.305 e. The highest BCUT2D eigenvalue weighted by Gasteiger charge is 2.12. The fraction of sp³-hybridized carbons (Fsp3) is 1.00. The molecule has 0 radical (unpaired) electrons. The fourth-order valence-corrected chi connectivity index (χ4v) is 0.348. The molecule has 0 heterocycles. The zero-order chi connectivity index (χ0) is 6.62. The van der Waals surface area contributed by atoms with Crippen LogP contribution in [-0.2, 0) is 4.84 Å². The molecule has 0 saturated carbocycles. The molecule has 0 aromatic carbocycles. The molecule has 1 N–H and O–H groups in total. The summed E-state index contributed by atoms with van der Waals surface area (Å²) in [6.45, 7) is 6.30. The Morgan fingerprint density at radius 2 is 2.00 bits per heavy atom. The van der Waals surface area contributed by atoms with Gasteiger partial charge in [0.1, 0.15) is 0 Å². The maximum absolute atomic E-state index is 4.75. The summed E-state index contributed by atoms with van der Waals surface area (Å²) >= 11 is 0. The number of rotatable bonds is 3. The Bertz CT molecular complexity index is 61.5. The van der Waals surface area contributed by atoms with E-state index >= 15 is 0 Å². The lowest BCUT2D eigenvalue weighted by Crippen LogP contribution is -2.37. The fourth-order valence-electron chi connectivity index (χ4n) is 0.348. The predicted octanol–water partition coefficient (Wildman–Crippen LogP) is 1.33. The molecule has 0 atom stereocenters. The summed E-state index contributed by atoms with van der Waals surface area (Å²) < 4.78 is 0. The average Bonchev–Trinajstić information content (AvgIpc) is 1.67. The standard InChI is InChI=1S/C6H15NO/c1-5-6(2,3)7-8-4/h7H,5H2,1-4H3. The van der Waals surface area contributed by atoms with Crippen molar-refractivity contribution in [2.24, 2.45) is 0 Å². The van der Waals surface area contributed by atoms with E-state index in [4.69, 9.17) is 4.84 Å². The van der Waals surface area contributed by atoms with Gasteiger partial charge in [0.15, 0.2) is 0 Å². The second-order valence-electron chi connectivity index (χ2n) is 2.54. The molecule has 0 aromatic rings. The van der Waals surface area contributed by atoms with Gasteiger partial charge in [0, 0.05) is 5.54 Å². The summed E-state index contributed by atoms with van der Waals surface area (Å²) in [4.78, 5) is 4.75. The van der Waals surface area contributed by atoms with Crippen LogP contribution in [0, 0.1) is 0 Å². The molecule has 50 valence electrons. The molecular weight excluding hydrogens is 102 g/mol. The monoisotopic (exact) mass is 117 g/mol. The van der Waals surface area contributed by atoms with Crippen LogP contribution in [-0.4, -0.2) is 12.6 Å². The molecule has 0 saturated heterocycles. The topological polar surface area (TPSA) is 21.3 Å². The number of hydroxylamine groups is 1. The van der Waals surface area contributed by atoms with Gasteiger partial charge in [0.2, 0.25) is 0 Å². The first-order valence-electron chi connectivity index (χ1n) is 2.92. The van der Waals surface area contributed by atoms with Crippen LogP contribution < -0.4 is 5.48 Å². The lowest BCUT2D eigenvalue weighted by molar-refractivity contribution is 0.0258. The van der Waals surface area contributed by atoms with E-state index < -0.39 is 0 Å². The number of hydrogen-bond acceptors (Lipinski definition) is 2. The van der Waals surface area contributed by atoms with Gasteiger partial charge in [0.05, 0.1) is 7.11 Å². The van der Waals surface area contributed by atoms with Gasteiger partial charge in [-0.25, -0.2) is 0 Å². The highest BCUT2D eigenvalue weighted by atomic mass is 16.6. The lowest BCUT2D eigenvalue weighted by atomic mass is 10.0. The Labute approximate surface area is 51.2 Å². The summed E-state index contributed by atoms with van der Waals surface area (Å²) in [6, 6.07) is 0. The third-order valence-electron chi connectivity index (χ3n) is 1.26. The van der Waals surface area contributed by atoms with Gasteiger partial charge < -0.3 is 4.84 Å². The second kappa shape index (κ2) is 3.05. The van der Waals surface area contributed by atoms with E-state index in [1.807, 2.05) is 0 Å². The summed E-state index contributed by atoms with van der Waals surface area (Å²) in [7, 11) is 1.64. The first-order valence-corrected chi connectivity index (χ1v) is 2.92. The molecule has 0 aliphatic rings. The molecule has 2 nitrogen and oxygen atoms in total. The predicted molar refractivity (Wildman–Crippen MR) is 34.5 cm³/mol. The molecule has 8 heavy (non-hydrogen) atoms. The van der Waals surface area contributed by atoms with Crippen molar-refractivity contribution in [2.45, 2.75) is 32.7 Å².